The van der Waals surface area contributed by atoms with Crippen LogP contribution < -0.4 is 5.32 Å². The molecule has 16 heavy (non-hydrogen) atoms. The van der Waals surface area contributed by atoms with Crippen molar-refractivity contribution >= 4 is 15.9 Å². The Morgan fingerprint density at radius 1 is 1.31 bits per heavy atom. The molecule has 1 fully saturated rings. The van der Waals surface area contributed by atoms with Crippen molar-refractivity contribution < 1.29 is 0 Å². The highest BCUT2D eigenvalue weighted by molar-refractivity contribution is 9.10. The Morgan fingerprint density at radius 3 is 3.06 bits per heavy atom. The van der Waals surface area contributed by atoms with E-state index in [0.717, 1.165) is 11.1 Å². The molecule has 3 rings (SSSR count). The first-order valence-electron chi connectivity index (χ1n) is 6.32. The predicted octanol–water partition coefficient (Wildman–Crippen LogP) is 2.45. The van der Waals surface area contributed by atoms with E-state index in [2.05, 4.69) is 25.8 Å². The number of nitrogens with zero attached hydrogens (tertiary/aromatic N) is 2. The molecule has 2 aliphatic rings. The van der Waals surface area contributed by atoms with Gasteiger partial charge in [-0.1, -0.05) is 0 Å². The summed E-state index contributed by atoms with van der Waals surface area (Å²) in [5, 5.41) is 3.48. The smallest absolute Gasteiger partial charge is 0.127 e. The van der Waals surface area contributed by atoms with Gasteiger partial charge in [0, 0.05) is 19.0 Å². The lowest BCUT2D eigenvalue weighted by atomic mass is 9.98. The third-order valence-electron chi connectivity index (χ3n) is 3.76. The number of hydrogen-bond acceptors (Lipinski definition) is 2. The van der Waals surface area contributed by atoms with Crippen LogP contribution in [0.5, 0.6) is 0 Å². The van der Waals surface area contributed by atoms with Crippen molar-refractivity contribution in [2.45, 2.75) is 44.6 Å². The number of hydrogen-bond donors (Lipinski definition) is 1. The molecular weight excluding hydrogens is 266 g/mol. The molecule has 0 bridgehead atoms. The highest BCUT2D eigenvalue weighted by Crippen LogP contribution is 2.30. The normalized spacial score (nSPS) is 25.4. The van der Waals surface area contributed by atoms with Gasteiger partial charge in [-0.2, -0.15) is 0 Å². The van der Waals surface area contributed by atoms with E-state index >= 15 is 0 Å². The third-order valence-corrected chi connectivity index (χ3v) is 4.40. The highest BCUT2D eigenvalue weighted by atomic mass is 79.9. The van der Waals surface area contributed by atoms with Crippen LogP contribution in [0.15, 0.2) is 4.60 Å². The minimum Gasteiger partial charge on any atom is -0.331 e. The second kappa shape index (κ2) is 4.49. The summed E-state index contributed by atoms with van der Waals surface area (Å²) in [6, 6.07) is 0. The summed E-state index contributed by atoms with van der Waals surface area (Å²) in [5.41, 5.74) is 1.42. The predicted molar refractivity (Wildman–Crippen MR) is 67.7 cm³/mol. The van der Waals surface area contributed by atoms with Gasteiger partial charge >= 0.3 is 0 Å². The summed E-state index contributed by atoms with van der Waals surface area (Å²) >= 11 is 3.62. The standard InChI is InChI=1S/C12H18BrN3/c13-11-10-5-1-2-7-16(10)12(15-11)9-4-3-6-14-8-9/h9,14H,1-8H2. The molecule has 0 amide bonds. The number of fused-ring (bicyclic) bond motifs is 1. The first-order chi connectivity index (χ1) is 7.86. The molecule has 4 heteroatoms. The fraction of sp³-hybridized carbons (Fsp3) is 0.750. The monoisotopic (exact) mass is 283 g/mol. The van der Waals surface area contributed by atoms with Crippen molar-refractivity contribution in [2.24, 2.45) is 0 Å². The number of piperidine rings is 1. The van der Waals surface area contributed by atoms with E-state index in [9.17, 15) is 0 Å². The summed E-state index contributed by atoms with van der Waals surface area (Å²) in [7, 11) is 0. The van der Waals surface area contributed by atoms with Crippen LogP contribution in [0.1, 0.15) is 43.1 Å². The fourth-order valence-electron chi connectivity index (χ4n) is 2.91. The zero-order valence-electron chi connectivity index (χ0n) is 9.51. The zero-order chi connectivity index (χ0) is 11.0. The van der Waals surface area contributed by atoms with Gasteiger partial charge in [-0.05, 0) is 54.6 Å². The first-order valence-corrected chi connectivity index (χ1v) is 7.11. The van der Waals surface area contributed by atoms with Gasteiger partial charge in [0.15, 0.2) is 0 Å². The average Bonchev–Trinajstić information content (AvgIpc) is 2.69. The zero-order valence-corrected chi connectivity index (χ0v) is 11.1. The minimum absolute atomic E-state index is 0.622. The molecule has 1 saturated heterocycles. The summed E-state index contributed by atoms with van der Waals surface area (Å²) in [6.45, 7) is 3.44. The second-order valence-corrected chi connectivity index (χ2v) is 5.61. The van der Waals surface area contributed by atoms with Crippen molar-refractivity contribution in [2.75, 3.05) is 13.1 Å². The quantitative estimate of drug-likeness (QED) is 0.858. The Balaban J connectivity index is 1.93. The maximum absolute atomic E-state index is 4.76. The molecule has 3 nitrogen and oxygen atoms in total. The number of halogens is 1. The molecule has 2 aliphatic heterocycles. The van der Waals surface area contributed by atoms with Crippen molar-refractivity contribution in [3.63, 3.8) is 0 Å². The second-order valence-electron chi connectivity index (χ2n) is 4.86. The lowest BCUT2D eigenvalue weighted by molar-refractivity contribution is 0.417. The Labute approximate surface area is 105 Å². The highest BCUT2D eigenvalue weighted by Gasteiger charge is 2.25. The average molecular weight is 284 g/mol. The molecule has 1 aromatic rings. The maximum Gasteiger partial charge on any atom is 0.127 e. The molecule has 88 valence electrons. The molecule has 1 atom stereocenters. The molecule has 1 unspecified atom stereocenters. The fourth-order valence-corrected chi connectivity index (χ4v) is 3.50. The summed E-state index contributed by atoms with van der Waals surface area (Å²) in [6.07, 6.45) is 6.38. The Bertz CT molecular complexity index is 380. The molecule has 0 aliphatic carbocycles. The molecule has 0 spiro atoms. The van der Waals surface area contributed by atoms with Crippen molar-refractivity contribution in [1.82, 2.24) is 14.9 Å². The molecule has 1 N–H and O–H groups in total. The van der Waals surface area contributed by atoms with Crippen LogP contribution in [-0.4, -0.2) is 22.6 Å². The summed E-state index contributed by atoms with van der Waals surface area (Å²) in [5.74, 6) is 1.94. The minimum atomic E-state index is 0.622. The van der Waals surface area contributed by atoms with Crippen molar-refractivity contribution in [3.05, 3.63) is 16.1 Å². The Morgan fingerprint density at radius 2 is 2.25 bits per heavy atom. The lowest BCUT2D eigenvalue weighted by Gasteiger charge is -2.25. The van der Waals surface area contributed by atoms with E-state index in [1.807, 2.05) is 0 Å². The van der Waals surface area contributed by atoms with E-state index in [0.29, 0.717) is 5.92 Å². The van der Waals surface area contributed by atoms with E-state index in [-0.39, 0.29) is 0 Å². The van der Waals surface area contributed by atoms with Gasteiger partial charge in [0.25, 0.3) is 0 Å². The van der Waals surface area contributed by atoms with Crippen molar-refractivity contribution in [1.29, 1.82) is 0 Å². The SMILES string of the molecule is Brc1nc(C2CCCNC2)n2c1CCCC2. The van der Waals surface area contributed by atoms with Gasteiger partial charge < -0.3 is 9.88 Å². The molecular formula is C12H18BrN3. The molecule has 1 aromatic heterocycles. The van der Waals surface area contributed by atoms with Crippen LogP contribution in [0.3, 0.4) is 0 Å². The lowest BCUT2D eigenvalue weighted by Crippen LogP contribution is -2.30. The van der Waals surface area contributed by atoms with Crippen molar-refractivity contribution in [3.8, 4) is 0 Å². The van der Waals surface area contributed by atoms with Gasteiger partial charge in [-0.3, -0.25) is 0 Å². The summed E-state index contributed by atoms with van der Waals surface area (Å²) in [4.78, 5) is 4.76. The number of nitrogens with one attached hydrogen (secondary N) is 1. The van der Waals surface area contributed by atoms with Gasteiger partial charge in [-0.25, -0.2) is 4.98 Å². The van der Waals surface area contributed by atoms with E-state index in [4.69, 9.17) is 4.98 Å². The van der Waals surface area contributed by atoms with E-state index < -0.39 is 0 Å². The van der Waals surface area contributed by atoms with Crippen LogP contribution in [0.2, 0.25) is 0 Å². The van der Waals surface area contributed by atoms with Crippen LogP contribution in [-0.2, 0) is 13.0 Å². The topological polar surface area (TPSA) is 29.9 Å². The first kappa shape index (κ1) is 10.8. The van der Waals surface area contributed by atoms with Gasteiger partial charge in [-0.15, -0.1) is 0 Å². The van der Waals surface area contributed by atoms with Gasteiger partial charge in [0.05, 0.1) is 5.69 Å². The third kappa shape index (κ3) is 1.82. The van der Waals surface area contributed by atoms with Crippen LogP contribution in [0, 0.1) is 0 Å². The Hall–Kier alpha value is -0.350. The Kier molecular flexibility index (Phi) is 3.03. The van der Waals surface area contributed by atoms with Crippen LogP contribution >= 0.6 is 15.9 Å². The summed E-state index contributed by atoms with van der Waals surface area (Å²) < 4.78 is 3.55. The number of rotatable bonds is 1. The van der Waals surface area contributed by atoms with Gasteiger partial charge in [0.1, 0.15) is 10.4 Å². The molecule has 0 aromatic carbocycles. The number of aromatic nitrogens is 2. The van der Waals surface area contributed by atoms with Gasteiger partial charge in [0.2, 0.25) is 0 Å². The maximum atomic E-state index is 4.76. The molecule has 0 saturated carbocycles. The van der Waals surface area contributed by atoms with E-state index in [1.165, 1.54) is 56.7 Å². The van der Waals surface area contributed by atoms with E-state index in [1.54, 1.807) is 0 Å². The molecule has 0 radical (unpaired) electrons. The van der Waals surface area contributed by atoms with Crippen LogP contribution in [0.4, 0.5) is 0 Å². The molecule has 3 heterocycles. The van der Waals surface area contributed by atoms with Crippen LogP contribution in [0.25, 0.3) is 0 Å². The number of imidazole rings is 1. The largest absolute Gasteiger partial charge is 0.331 e.